The van der Waals surface area contributed by atoms with Gasteiger partial charge in [-0.2, -0.15) is 0 Å². The third-order valence-corrected chi connectivity index (χ3v) is 4.11. The van der Waals surface area contributed by atoms with Crippen LogP contribution in [0.15, 0.2) is 48.7 Å². The molecule has 1 aromatic heterocycles. The van der Waals surface area contributed by atoms with Gasteiger partial charge in [-0.05, 0) is 30.3 Å². The number of hydrogen-bond acceptors (Lipinski definition) is 4. The van der Waals surface area contributed by atoms with Crippen LogP contribution >= 0.6 is 23.2 Å². The molecule has 2 aromatic carbocycles. The highest BCUT2D eigenvalue weighted by Crippen LogP contribution is 2.30. The van der Waals surface area contributed by atoms with Crippen molar-refractivity contribution in [2.45, 2.75) is 0 Å². The van der Waals surface area contributed by atoms with E-state index in [4.69, 9.17) is 23.2 Å². The Bertz CT molecular complexity index is 964. The number of nitrogens with zero attached hydrogens (tertiary/aromatic N) is 2. The van der Waals surface area contributed by atoms with E-state index in [1.807, 2.05) is 0 Å². The lowest BCUT2D eigenvalue weighted by Crippen LogP contribution is -2.16. The summed E-state index contributed by atoms with van der Waals surface area (Å²) in [6.07, 6.45) is 1.32. The quantitative estimate of drug-likeness (QED) is 0.648. The van der Waals surface area contributed by atoms with E-state index in [9.17, 15) is 13.6 Å². The Morgan fingerprint density at radius 3 is 2.42 bits per heavy atom. The van der Waals surface area contributed by atoms with Crippen LogP contribution in [0.25, 0.3) is 0 Å². The lowest BCUT2D eigenvalue weighted by Gasteiger charge is -2.10. The number of anilines is 3. The minimum absolute atomic E-state index is 0.0656. The second-order valence-corrected chi connectivity index (χ2v) is 5.83. The first kappa shape index (κ1) is 18.0. The fourth-order valence-corrected chi connectivity index (χ4v) is 2.41. The number of benzene rings is 2. The van der Waals surface area contributed by atoms with Gasteiger partial charge >= 0.3 is 0 Å². The van der Waals surface area contributed by atoms with Gasteiger partial charge in [-0.1, -0.05) is 35.3 Å². The summed E-state index contributed by atoms with van der Waals surface area (Å²) in [5, 5.41) is 5.58. The normalized spacial score (nSPS) is 10.5. The number of carbonyl (C=O) groups is 1. The molecule has 26 heavy (non-hydrogen) atoms. The second kappa shape index (κ2) is 7.63. The molecule has 0 unspecified atom stereocenters. The van der Waals surface area contributed by atoms with Crippen molar-refractivity contribution >= 4 is 46.4 Å². The van der Waals surface area contributed by atoms with Crippen molar-refractivity contribution in [1.29, 1.82) is 0 Å². The molecule has 0 bridgehead atoms. The maximum Gasteiger partial charge on any atom is 0.274 e. The minimum Gasteiger partial charge on any atom is -0.323 e. The van der Waals surface area contributed by atoms with Crippen molar-refractivity contribution < 1.29 is 13.6 Å². The molecule has 0 saturated heterocycles. The molecule has 1 heterocycles. The van der Waals surface area contributed by atoms with E-state index < -0.39 is 23.2 Å². The molecule has 0 aliphatic rings. The Hall–Kier alpha value is -2.77. The zero-order chi connectivity index (χ0) is 18.7. The van der Waals surface area contributed by atoms with Crippen molar-refractivity contribution in [3.8, 4) is 0 Å². The fraction of sp³-hybridized carbons (Fsp3) is 0. The molecule has 0 aliphatic heterocycles. The van der Waals surface area contributed by atoms with E-state index in [2.05, 4.69) is 20.6 Å². The van der Waals surface area contributed by atoms with Gasteiger partial charge in [0.15, 0.2) is 0 Å². The highest BCUT2D eigenvalue weighted by molar-refractivity contribution is 6.43. The molecule has 0 saturated carbocycles. The number of aromatic nitrogens is 2. The summed E-state index contributed by atoms with van der Waals surface area (Å²) in [5.41, 5.74) is -0.205. The monoisotopic (exact) mass is 394 g/mol. The van der Waals surface area contributed by atoms with Gasteiger partial charge in [0.05, 0.1) is 15.7 Å². The molecule has 3 aromatic rings. The molecule has 9 heteroatoms. The number of rotatable bonds is 4. The summed E-state index contributed by atoms with van der Waals surface area (Å²) in [6, 6.07) is 9.51. The topological polar surface area (TPSA) is 66.9 Å². The van der Waals surface area contributed by atoms with Gasteiger partial charge in [-0.15, -0.1) is 0 Å². The average molecular weight is 395 g/mol. The molecular weight excluding hydrogens is 385 g/mol. The van der Waals surface area contributed by atoms with Crippen LogP contribution in [0.5, 0.6) is 0 Å². The largest absolute Gasteiger partial charge is 0.323 e. The van der Waals surface area contributed by atoms with Gasteiger partial charge in [0.1, 0.15) is 23.0 Å². The summed E-state index contributed by atoms with van der Waals surface area (Å²) in [5.74, 6) is -2.51. The summed E-state index contributed by atoms with van der Waals surface area (Å²) in [6.45, 7) is 0. The second-order valence-electron chi connectivity index (χ2n) is 5.04. The highest BCUT2D eigenvalue weighted by Gasteiger charge is 2.15. The van der Waals surface area contributed by atoms with Crippen molar-refractivity contribution in [3.05, 3.63) is 76.0 Å². The van der Waals surface area contributed by atoms with Crippen LogP contribution in [0.4, 0.5) is 26.1 Å². The smallest absolute Gasteiger partial charge is 0.274 e. The molecular formula is C17H10Cl2F2N4O. The van der Waals surface area contributed by atoms with E-state index in [1.165, 1.54) is 18.3 Å². The molecule has 3 rings (SSSR count). The Balaban J connectivity index is 1.83. The minimum atomic E-state index is -0.892. The molecule has 0 aliphatic carbocycles. The highest BCUT2D eigenvalue weighted by atomic mass is 35.5. The Morgan fingerprint density at radius 1 is 1.00 bits per heavy atom. The molecule has 132 valence electrons. The van der Waals surface area contributed by atoms with E-state index in [0.29, 0.717) is 10.7 Å². The Labute approximate surface area is 157 Å². The number of carbonyl (C=O) groups excluding carboxylic acids is 1. The summed E-state index contributed by atoms with van der Waals surface area (Å²) >= 11 is 12.0. The number of nitrogens with one attached hydrogen (secondary N) is 2. The first-order valence-electron chi connectivity index (χ1n) is 7.25. The summed E-state index contributed by atoms with van der Waals surface area (Å²) < 4.78 is 27.3. The standard InChI is InChI=1S/C17H10Cl2F2N4O/c18-9-3-1-6-12(14(9)19)23-17-22-8-7-13(24-17)16(26)25-15-10(20)4-2-5-11(15)21/h1-8H,(H,25,26)(H,22,23,24). The van der Waals surface area contributed by atoms with E-state index >= 15 is 0 Å². The van der Waals surface area contributed by atoms with Crippen LogP contribution < -0.4 is 10.6 Å². The first-order valence-corrected chi connectivity index (χ1v) is 8.01. The number of halogens is 4. The Kier molecular flexibility index (Phi) is 5.29. The predicted octanol–water partition coefficient (Wildman–Crippen LogP) is 5.06. The molecule has 2 N–H and O–H groups in total. The lowest BCUT2D eigenvalue weighted by molar-refractivity contribution is 0.102. The first-order chi connectivity index (χ1) is 12.5. The van der Waals surface area contributed by atoms with E-state index in [-0.39, 0.29) is 16.7 Å². The molecule has 0 fully saturated rings. The maximum absolute atomic E-state index is 13.6. The van der Waals surface area contributed by atoms with Crippen LogP contribution in [0.3, 0.4) is 0 Å². The molecule has 0 spiro atoms. The molecule has 1 amide bonds. The number of para-hydroxylation sites is 1. The number of amides is 1. The number of hydrogen-bond donors (Lipinski definition) is 2. The third-order valence-electron chi connectivity index (χ3n) is 3.29. The van der Waals surface area contributed by atoms with Crippen molar-refractivity contribution in [2.75, 3.05) is 10.6 Å². The maximum atomic E-state index is 13.6. The zero-order valence-corrected chi connectivity index (χ0v) is 14.4. The van der Waals surface area contributed by atoms with Gasteiger partial charge in [0.2, 0.25) is 5.95 Å². The SMILES string of the molecule is O=C(Nc1c(F)cccc1F)c1ccnc(Nc2cccc(Cl)c2Cl)n1. The van der Waals surface area contributed by atoms with Crippen LogP contribution in [-0.4, -0.2) is 15.9 Å². The van der Waals surface area contributed by atoms with Crippen molar-refractivity contribution in [1.82, 2.24) is 9.97 Å². The van der Waals surface area contributed by atoms with Gasteiger partial charge in [-0.3, -0.25) is 4.79 Å². The van der Waals surface area contributed by atoms with Gasteiger partial charge in [0.25, 0.3) is 5.91 Å². The van der Waals surface area contributed by atoms with Gasteiger partial charge in [-0.25, -0.2) is 18.7 Å². The molecule has 0 radical (unpaired) electrons. The summed E-state index contributed by atoms with van der Waals surface area (Å²) in [7, 11) is 0. The van der Waals surface area contributed by atoms with Crippen LogP contribution in [-0.2, 0) is 0 Å². The van der Waals surface area contributed by atoms with Crippen LogP contribution in [0, 0.1) is 11.6 Å². The van der Waals surface area contributed by atoms with Crippen LogP contribution in [0.2, 0.25) is 10.0 Å². The summed E-state index contributed by atoms with van der Waals surface area (Å²) in [4.78, 5) is 20.2. The molecule has 0 atom stereocenters. The third kappa shape index (κ3) is 3.89. The van der Waals surface area contributed by atoms with E-state index in [0.717, 1.165) is 12.1 Å². The average Bonchev–Trinajstić information content (AvgIpc) is 2.62. The molecule has 5 nitrogen and oxygen atoms in total. The Morgan fingerprint density at radius 2 is 1.69 bits per heavy atom. The lowest BCUT2D eigenvalue weighted by atomic mass is 10.2. The zero-order valence-electron chi connectivity index (χ0n) is 12.9. The fourth-order valence-electron chi connectivity index (χ4n) is 2.06. The van der Waals surface area contributed by atoms with Gasteiger partial charge < -0.3 is 10.6 Å². The van der Waals surface area contributed by atoms with E-state index in [1.54, 1.807) is 18.2 Å². The van der Waals surface area contributed by atoms with Crippen molar-refractivity contribution in [3.63, 3.8) is 0 Å². The van der Waals surface area contributed by atoms with Crippen LogP contribution in [0.1, 0.15) is 10.5 Å². The van der Waals surface area contributed by atoms with Crippen molar-refractivity contribution in [2.24, 2.45) is 0 Å². The predicted molar refractivity (Wildman–Crippen MR) is 96.1 cm³/mol. The van der Waals surface area contributed by atoms with Gasteiger partial charge in [0, 0.05) is 6.20 Å².